The molecule has 7 heavy (non-hydrogen) atoms. The van der Waals surface area contributed by atoms with E-state index in [0.29, 0.717) is 0 Å². The largest absolute Gasteiger partial charge is 2.00 e. The van der Waals surface area contributed by atoms with Crippen molar-refractivity contribution < 1.29 is 0 Å². The van der Waals surface area contributed by atoms with E-state index in [0.717, 1.165) is 0 Å². The Morgan fingerprint density at radius 3 is 1.00 bits per heavy atom. The molecule has 0 aromatic rings. The summed E-state index contributed by atoms with van der Waals surface area (Å²) >= 11 is 0. The maximum atomic E-state index is 5.96. The van der Waals surface area contributed by atoms with Crippen LogP contribution >= 0.6 is 0 Å². The summed E-state index contributed by atoms with van der Waals surface area (Å²) in [5.41, 5.74) is 0. The van der Waals surface area contributed by atoms with Crippen LogP contribution in [-0.4, -0.2) is 23.1 Å². The van der Waals surface area contributed by atoms with Crippen molar-refractivity contribution in [3.63, 3.8) is 0 Å². The van der Waals surface area contributed by atoms with Crippen LogP contribution in [0, 0.1) is 24.7 Å². The van der Waals surface area contributed by atoms with Crippen LogP contribution in [0.3, 0.4) is 0 Å². The zero-order valence-corrected chi connectivity index (χ0v) is 6.12. The van der Waals surface area contributed by atoms with Gasteiger partial charge in [0, 0.05) is 0 Å². The summed E-state index contributed by atoms with van der Waals surface area (Å²) in [6.07, 6.45) is 11.9. The summed E-state index contributed by atoms with van der Waals surface area (Å²) in [4.78, 5) is 0. The molecule has 0 bridgehead atoms. The van der Waals surface area contributed by atoms with Gasteiger partial charge < -0.3 is 24.7 Å². The van der Waals surface area contributed by atoms with E-state index in [1.54, 1.807) is 13.8 Å². The average Bonchev–Trinajstić information content (AvgIpc) is 1.39. The predicted molar refractivity (Wildman–Crippen MR) is 31.4 cm³/mol. The van der Waals surface area contributed by atoms with Crippen molar-refractivity contribution in [3.8, 4) is 11.8 Å². The van der Waals surface area contributed by atoms with E-state index in [4.69, 9.17) is 12.8 Å². The molecule has 0 saturated carbocycles. The minimum atomic E-state index is 0. The maximum Gasteiger partial charge on any atom is 2.00 e. The molecule has 0 nitrogen and oxygen atoms in total. The normalized spacial score (nSPS) is 2.29. The standard InChI is InChI=1S/2C3H3.Mg/c2*1-3-2;/h2*1H3;/q2*-1;+2. The quantitative estimate of drug-likeness (QED) is 0.241. The smallest absolute Gasteiger partial charge is 0.694 e. The molecule has 0 aliphatic heterocycles. The van der Waals surface area contributed by atoms with Gasteiger partial charge in [-0.2, -0.15) is 0 Å². The van der Waals surface area contributed by atoms with E-state index in [1.165, 1.54) is 0 Å². The van der Waals surface area contributed by atoms with Crippen molar-refractivity contribution in [3.05, 3.63) is 12.8 Å². The van der Waals surface area contributed by atoms with E-state index in [9.17, 15) is 0 Å². The van der Waals surface area contributed by atoms with Crippen LogP contribution in [0.25, 0.3) is 0 Å². The van der Waals surface area contributed by atoms with Gasteiger partial charge in [0.05, 0.1) is 0 Å². The summed E-state index contributed by atoms with van der Waals surface area (Å²) in [6, 6.07) is 0. The van der Waals surface area contributed by atoms with Gasteiger partial charge in [-0.1, -0.05) is 0 Å². The van der Waals surface area contributed by atoms with E-state index in [2.05, 4.69) is 0 Å². The van der Waals surface area contributed by atoms with Gasteiger partial charge in [0.2, 0.25) is 0 Å². The van der Waals surface area contributed by atoms with Crippen molar-refractivity contribution >= 4 is 23.1 Å². The SMILES string of the molecule is [C-]#CC.[C-]#CC.[Mg+2]. The monoisotopic (exact) mass is 102 g/mol. The molecule has 32 valence electrons. The van der Waals surface area contributed by atoms with Gasteiger partial charge in [0.15, 0.2) is 0 Å². The van der Waals surface area contributed by atoms with Crippen LogP contribution in [0.15, 0.2) is 0 Å². The third-order valence-electron chi connectivity index (χ3n) is 0. The van der Waals surface area contributed by atoms with Crippen LogP contribution in [-0.2, 0) is 0 Å². The minimum absolute atomic E-state index is 0. The molecule has 0 spiro atoms. The molecule has 0 fully saturated rings. The molecule has 0 radical (unpaired) electrons. The molecular weight excluding hydrogens is 96.4 g/mol. The van der Waals surface area contributed by atoms with Gasteiger partial charge in [0.25, 0.3) is 0 Å². The van der Waals surface area contributed by atoms with Crippen LogP contribution < -0.4 is 0 Å². The summed E-state index contributed by atoms with van der Waals surface area (Å²) < 4.78 is 0. The van der Waals surface area contributed by atoms with Crippen molar-refractivity contribution in [2.45, 2.75) is 13.8 Å². The second kappa shape index (κ2) is 39.5. The minimum Gasteiger partial charge on any atom is -0.694 e. The molecule has 0 aromatic carbocycles. The molecular formula is C6H6Mg. The Morgan fingerprint density at radius 1 is 1.00 bits per heavy atom. The number of hydrogen-bond donors (Lipinski definition) is 0. The van der Waals surface area contributed by atoms with Crippen molar-refractivity contribution in [2.75, 3.05) is 0 Å². The first kappa shape index (κ1) is 15.8. The molecule has 0 aliphatic rings. The fourth-order valence-corrected chi connectivity index (χ4v) is 0. The van der Waals surface area contributed by atoms with Crippen molar-refractivity contribution in [2.24, 2.45) is 0 Å². The van der Waals surface area contributed by atoms with E-state index >= 15 is 0 Å². The molecule has 0 amide bonds. The maximum absolute atomic E-state index is 5.96. The molecule has 0 N–H and O–H groups in total. The third kappa shape index (κ3) is 6870. The predicted octanol–water partition coefficient (Wildman–Crippen LogP) is 0.811. The van der Waals surface area contributed by atoms with Gasteiger partial charge in [-0.15, -0.1) is 0 Å². The Labute approximate surface area is 61.8 Å². The van der Waals surface area contributed by atoms with E-state index in [-0.39, 0.29) is 23.1 Å². The Bertz CT molecular complexity index is 59.2. The Morgan fingerprint density at radius 2 is 1.00 bits per heavy atom. The number of hydrogen-bond acceptors (Lipinski definition) is 0. The molecule has 0 atom stereocenters. The van der Waals surface area contributed by atoms with Gasteiger partial charge in [0.1, 0.15) is 0 Å². The molecule has 0 heterocycles. The Balaban J connectivity index is -0.0000000400. The van der Waals surface area contributed by atoms with Crippen LogP contribution in [0.4, 0.5) is 0 Å². The Kier molecular flexibility index (Phi) is 89.1. The zero-order valence-electron chi connectivity index (χ0n) is 4.71. The van der Waals surface area contributed by atoms with E-state index < -0.39 is 0 Å². The molecule has 0 rings (SSSR count). The fraction of sp³-hybridized carbons (Fsp3) is 0.333. The molecule has 0 aromatic heterocycles. The molecule has 1 heteroatoms. The molecule has 0 saturated heterocycles. The van der Waals surface area contributed by atoms with Crippen LogP contribution in [0.1, 0.15) is 13.8 Å². The second-order valence-corrected chi connectivity index (χ2v) is 0.500. The fourth-order valence-electron chi connectivity index (χ4n) is 0. The van der Waals surface area contributed by atoms with E-state index in [1.807, 2.05) is 11.8 Å². The Hall–Kier alpha value is -0.114. The van der Waals surface area contributed by atoms with Crippen molar-refractivity contribution in [1.82, 2.24) is 0 Å². The van der Waals surface area contributed by atoms with Gasteiger partial charge in [-0.3, -0.25) is 0 Å². The summed E-state index contributed by atoms with van der Waals surface area (Å²) in [5, 5.41) is 0. The third-order valence-corrected chi connectivity index (χ3v) is 0. The van der Waals surface area contributed by atoms with Gasteiger partial charge in [-0.25, -0.2) is 0 Å². The molecule has 0 aliphatic carbocycles. The number of rotatable bonds is 0. The first-order chi connectivity index (χ1) is 2.83. The van der Waals surface area contributed by atoms with Crippen LogP contribution in [0.5, 0.6) is 0 Å². The summed E-state index contributed by atoms with van der Waals surface area (Å²) in [7, 11) is 0. The van der Waals surface area contributed by atoms with Gasteiger partial charge >= 0.3 is 23.1 Å². The summed E-state index contributed by atoms with van der Waals surface area (Å²) in [5.74, 6) is 4.00. The second-order valence-electron chi connectivity index (χ2n) is 0.500. The van der Waals surface area contributed by atoms with Crippen LogP contribution in [0.2, 0.25) is 0 Å². The van der Waals surface area contributed by atoms with Gasteiger partial charge in [-0.05, 0) is 13.8 Å². The molecule has 0 unspecified atom stereocenters. The first-order valence-electron chi connectivity index (χ1n) is 1.50. The first-order valence-corrected chi connectivity index (χ1v) is 1.50. The van der Waals surface area contributed by atoms with Crippen molar-refractivity contribution in [1.29, 1.82) is 0 Å². The average molecular weight is 102 g/mol. The zero-order chi connectivity index (χ0) is 5.41. The summed E-state index contributed by atoms with van der Waals surface area (Å²) in [6.45, 7) is 3.08. The topological polar surface area (TPSA) is 0 Å².